The lowest BCUT2D eigenvalue weighted by molar-refractivity contribution is -0.145. The number of hydrogen-bond acceptors (Lipinski definition) is 3. The molecule has 4 heteroatoms. The van der Waals surface area contributed by atoms with E-state index in [1.165, 1.54) is 32.8 Å². The van der Waals surface area contributed by atoms with Gasteiger partial charge in [-0.25, -0.2) is 0 Å². The SMILES string of the molecule is COC(=O)C1CC(=O)N(CCCCCCC(C)C)C1. The molecule has 1 rings (SSSR count). The van der Waals surface area contributed by atoms with Crippen molar-refractivity contribution < 1.29 is 14.3 Å². The van der Waals surface area contributed by atoms with Crippen molar-refractivity contribution in [1.82, 2.24) is 4.90 Å². The van der Waals surface area contributed by atoms with Crippen molar-refractivity contribution >= 4 is 11.9 Å². The van der Waals surface area contributed by atoms with E-state index in [0.29, 0.717) is 13.0 Å². The van der Waals surface area contributed by atoms with E-state index in [4.69, 9.17) is 4.74 Å². The van der Waals surface area contributed by atoms with Crippen LogP contribution in [0.25, 0.3) is 0 Å². The maximum Gasteiger partial charge on any atom is 0.310 e. The molecule has 0 aliphatic carbocycles. The average molecular weight is 269 g/mol. The van der Waals surface area contributed by atoms with E-state index in [-0.39, 0.29) is 17.8 Å². The Kier molecular flexibility index (Phi) is 6.89. The fourth-order valence-corrected chi connectivity index (χ4v) is 2.52. The van der Waals surface area contributed by atoms with Crippen molar-refractivity contribution in [2.45, 2.75) is 52.4 Å². The highest BCUT2D eigenvalue weighted by molar-refractivity contribution is 5.86. The molecule has 0 bridgehead atoms. The molecule has 0 saturated carbocycles. The molecule has 1 fully saturated rings. The zero-order valence-electron chi connectivity index (χ0n) is 12.5. The van der Waals surface area contributed by atoms with Crippen molar-refractivity contribution in [3.8, 4) is 0 Å². The zero-order valence-corrected chi connectivity index (χ0v) is 12.5. The number of unbranched alkanes of at least 4 members (excludes halogenated alkanes) is 3. The normalized spacial score (nSPS) is 19.3. The molecule has 4 nitrogen and oxygen atoms in total. The van der Waals surface area contributed by atoms with E-state index in [1.54, 1.807) is 0 Å². The maximum absolute atomic E-state index is 11.7. The van der Waals surface area contributed by atoms with Crippen LogP contribution in [-0.4, -0.2) is 37.0 Å². The quantitative estimate of drug-likeness (QED) is 0.502. The summed E-state index contributed by atoms with van der Waals surface area (Å²) in [5, 5.41) is 0. The van der Waals surface area contributed by atoms with Crippen LogP contribution in [0.5, 0.6) is 0 Å². The average Bonchev–Trinajstić information content (AvgIpc) is 2.74. The first-order valence-corrected chi connectivity index (χ1v) is 7.40. The number of amides is 1. The molecule has 1 heterocycles. The van der Waals surface area contributed by atoms with Gasteiger partial charge in [-0.15, -0.1) is 0 Å². The summed E-state index contributed by atoms with van der Waals surface area (Å²) in [6, 6.07) is 0. The summed E-state index contributed by atoms with van der Waals surface area (Å²) in [5.74, 6) is 0.366. The number of rotatable bonds is 8. The van der Waals surface area contributed by atoms with Crippen LogP contribution in [0.4, 0.5) is 0 Å². The molecule has 1 unspecified atom stereocenters. The van der Waals surface area contributed by atoms with Gasteiger partial charge in [-0.3, -0.25) is 9.59 Å². The maximum atomic E-state index is 11.7. The standard InChI is InChI=1S/C15H27NO3/c1-12(2)8-6-4-5-7-9-16-11-13(10-14(16)17)15(18)19-3/h12-13H,4-11H2,1-3H3. The predicted molar refractivity (Wildman–Crippen MR) is 74.6 cm³/mol. The minimum Gasteiger partial charge on any atom is -0.469 e. The number of ether oxygens (including phenoxy) is 1. The van der Waals surface area contributed by atoms with Gasteiger partial charge in [0.2, 0.25) is 5.91 Å². The van der Waals surface area contributed by atoms with Gasteiger partial charge in [0.05, 0.1) is 13.0 Å². The molecule has 1 atom stereocenters. The fraction of sp³-hybridized carbons (Fsp3) is 0.867. The molecule has 19 heavy (non-hydrogen) atoms. The number of likely N-dealkylation sites (tertiary alicyclic amines) is 1. The summed E-state index contributed by atoms with van der Waals surface area (Å²) < 4.78 is 4.69. The Morgan fingerprint density at radius 1 is 1.32 bits per heavy atom. The number of methoxy groups -OCH3 is 1. The van der Waals surface area contributed by atoms with Crippen LogP contribution in [0, 0.1) is 11.8 Å². The Balaban J connectivity index is 2.13. The van der Waals surface area contributed by atoms with Crippen LogP contribution in [-0.2, 0) is 14.3 Å². The lowest BCUT2D eigenvalue weighted by Crippen LogP contribution is -2.27. The number of esters is 1. The first-order chi connectivity index (χ1) is 9.04. The van der Waals surface area contributed by atoms with Gasteiger partial charge >= 0.3 is 5.97 Å². The van der Waals surface area contributed by atoms with Crippen molar-refractivity contribution in [1.29, 1.82) is 0 Å². The van der Waals surface area contributed by atoms with Gasteiger partial charge in [-0.05, 0) is 12.3 Å². The third kappa shape index (κ3) is 5.62. The van der Waals surface area contributed by atoms with E-state index in [1.807, 2.05) is 4.90 Å². The molecule has 0 aromatic carbocycles. The van der Waals surface area contributed by atoms with Crippen molar-refractivity contribution in [3.05, 3.63) is 0 Å². The zero-order chi connectivity index (χ0) is 14.3. The van der Waals surface area contributed by atoms with Gasteiger partial charge in [0.25, 0.3) is 0 Å². The van der Waals surface area contributed by atoms with Crippen LogP contribution < -0.4 is 0 Å². The van der Waals surface area contributed by atoms with Gasteiger partial charge in [0, 0.05) is 19.5 Å². The number of hydrogen-bond donors (Lipinski definition) is 0. The van der Waals surface area contributed by atoms with E-state index >= 15 is 0 Å². The highest BCUT2D eigenvalue weighted by Crippen LogP contribution is 2.19. The Labute approximate surface area is 116 Å². The molecule has 0 N–H and O–H groups in total. The molecule has 0 spiro atoms. The van der Waals surface area contributed by atoms with Gasteiger partial charge in [-0.2, -0.15) is 0 Å². The lowest BCUT2D eigenvalue weighted by Gasteiger charge is -2.16. The topological polar surface area (TPSA) is 46.6 Å². The van der Waals surface area contributed by atoms with Crippen LogP contribution >= 0.6 is 0 Å². The second-order valence-corrected chi connectivity index (χ2v) is 5.86. The summed E-state index contributed by atoms with van der Waals surface area (Å²) in [6.07, 6.45) is 6.32. The minimum absolute atomic E-state index is 0.0950. The second kappa shape index (κ2) is 8.18. The van der Waals surface area contributed by atoms with Gasteiger partial charge in [-0.1, -0.05) is 39.5 Å². The van der Waals surface area contributed by atoms with Crippen LogP contribution in [0.3, 0.4) is 0 Å². The molecule has 0 radical (unpaired) electrons. The van der Waals surface area contributed by atoms with E-state index in [2.05, 4.69) is 13.8 Å². The molecule has 1 saturated heterocycles. The summed E-state index contributed by atoms with van der Waals surface area (Å²) >= 11 is 0. The van der Waals surface area contributed by atoms with Crippen LogP contribution in [0.1, 0.15) is 52.4 Å². The van der Waals surface area contributed by atoms with E-state index in [9.17, 15) is 9.59 Å². The predicted octanol–water partition coefficient (Wildman–Crippen LogP) is 2.61. The Hall–Kier alpha value is -1.06. The summed E-state index contributed by atoms with van der Waals surface area (Å²) in [6.45, 7) is 5.82. The first-order valence-electron chi connectivity index (χ1n) is 7.40. The van der Waals surface area contributed by atoms with E-state index < -0.39 is 0 Å². The highest BCUT2D eigenvalue weighted by atomic mass is 16.5. The van der Waals surface area contributed by atoms with E-state index in [0.717, 1.165) is 18.9 Å². The molecular weight excluding hydrogens is 242 g/mol. The Bertz CT molecular complexity index is 302. The fourth-order valence-electron chi connectivity index (χ4n) is 2.52. The molecule has 0 aromatic rings. The number of nitrogens with zero attached hydrogens (tertiary/aromatic N) is 1. The first kappa shape index (κ1) is 16.0. The molecule has 0 aromatic heterocycles. The molecule has 110 valence electrons. The third-order valence-corrected chi connectivity index (χ3v) is 3.71. The molecule has 1 amide bonds. The molecule has 1 aliphatic heterocycles. The number of carbonyl (C=O) groups is 2. The van der Waals surface area contributed by atoms with Crippen molar-refractivity contribution in [2.24, 2.45) is 11.8 Å². The summed E-state index contributed by atoms with van der Waals surface area (Å²) in [4.78, 5) is 24.9. The largest absolute Gasteiger partial charge is 0.469 e. The summed E-state index contributed by atoms with van der Waals surface area (Å²) in [7, 11) is 1.38. The smallest absolute Gasteiger partial charge is 0.310 e. The monoisotopic (exact) mass is 269 g/mol. The van der Waals surface area contributed by atoms with Crippen LogP contribution in [0.15, 0.2) is 0 Å². The van der Waals surface area contributed by atoms with Gasteiger partial charge in [0.15, 0.2) is 0 Å². The van der Waals surface area contributed by atoms with Gasteiger partial charge < -0.3 is 9.64 Å². The van der Waals surface area contributed by atoms with Crippen molar-refractivity contribution in [2.75, 3.05) is 20.2 Å². The summed E-state index contributed by atoms with van der Waals surface area (Å²) in [5.41, 5.74) is 0. The van der Waals surface area contributed by atoms with Crippen LogP contribution in [0.2, 0.25) is 0 Å². The Morgan fingerprint density at radius 3 is 2.63 bits per heavy atom. The second-order valence-electron chi connectivity index (χ2n) is 5.86. The molecular formula is C15H27NO3. The minimum atomic E-state index is -0.257. The number of carbonyl (C=O) groups excluding carboxylic acids is 2. The Morgan fingerprint density at radius 2 is 2.00 bits per heavy atom. The molecule has 1 aliphatic rings. The van der Waals surface area contributed by atoms with Crippen molar-refractivity contribution in [3.63, 3.8) is 0 Å². The lowest BCUT2D eigenvalue weighted by atomic mass is 10.0. The van der Waals surface area contributed by atoms with Gasteiger partial charge in [0.1, 0.15) is 0 Å². The highest BCUT2D eigenvalue weighted by Gasteiger charge is 2.34. The third-order valence-electron chi connectivity index (χ3n) is 3.71.